The van der Waals surface area contributed by atoms with Gasteiger partial charge in [-0.1, -0.05) is 51.4 Å². The van der Waals surface area contributed by atoms with E-state index in [-0.39, 0.29) is 23.5 Å². The molecule has 1 fully saturated rings. The van der Waals surface area contributed by atoms with Gasteiger partial charge in [-0.3, -0.25) is 9.59 Å². The van der Waals surface area contributed by atoms with Gasteiger partial charge in [-0.2, -0.15) is 4.98 Å². The van der Waals surface area contributed by atoms with Crippen LogP contribution < -0.4 is 11.1 Å². The second kappa shape index (κ2) is 8.51. The number of amides is 2. The molecule has 1 saturated heterocycles. The van der Waals surface area contributed by atoms with Crippen molar-refractivity contribution in [1.82, 2.24) is 15.2 Å². The summed E-state index contributed by atoms with van der Waals surface area (Å²) >= 11 is 6.00. The second-order valence-corrected chi connectivity index (χ2v) is 9.46. The molecule has 168 valence electrons. The van der Waals surface area contributed by atoms with Crippen LogP contribution in [0.25, 0.3) is 0 Å². The molecule has 0 aliphatic carbocycles. The quantitative estimate of drug-likeness (QED) is 0.646. The molecular weight excluding hydrogens is 420 g/mol. The average molecular weight is 449 g/mol. The Labute approximate surface area is 186 Å². The third kappa shape index (κ3) is 4.55. The summed E-state index contributed by atoms with van der Waals surface area (Å²) in [6, 6.07) is 6.29. The molecule has 9 heteroatoms. The molecule has 1 aliphatic heterocycles. The van der Waals surface area contributed by atoms with Crippen LogP contribution in [0.4, 0.5) is 6.01 Å². The molecule has 1 aromatic heterocycles. The lowest BCUT2D eigenvalue weighted by Crippen LogP contribution is -2.60. The molecule has 1 aromatic carbocycles. The number of aliphatic hydroxyl groups is 1. The van der Waals surface area contributed by atoms with Crippen LogP contribution in [-0.4, -0.2) is 45.9 Å². The molecule has 8 nitrogen and oxygen atoms in total. The van der Waals surface area contributed by atoms with Gasteiger partial charge in [0.15, 0.2) is 5.69 Å². The first kappa shape index (κ1) is 23.1. The van der Waals surface area contributed by atoms with Crippen molar-refractivity contribution in [3.8, 4) is 0 Å². The van der Waals surface area contributed by atoms with Gasteiger partial charge in [0.2, 0.25) is 5.91 Å². The Kier molecular flexibility index (Phi) is 6.34. The minimum atomic E-state index is -1.11. The number of carbonyl (C=O) groups is 2. The van der Waals surface area contributed by atoms with Gasteiger partial charge in [0, 0.05) is 23.5 Å². The Morgan fingerprint density at radius 2 is 1.94 bits per heavy atom. The third-order valence-electron chi connectivity index (χ3n) is 6.06. The van der Waals surface area contributed by atoms with Crippen LogP contribution in [0.5, 0.6) is 0 Å². The number of aromatic nitrogens is 1. The van der Waals surface area contributed by atoms with Crippen LogP contribution in [-0.2, 0) is 10.4 Å². The van der Waals surface area contributed by atoms with Gasteiger partial charge in [-0.25, -0.2) is 0 Å². The number of rotatable bonds is 5. The number of oxazole rings is 1. The fraction of sp³-hybridized carbons (Fsp3) is 0.500. The minimum absolute atomic E-state index is 0.0204. The maximum atomic E-state index is 13.3. The van der Waals surface area contributed by atoms with E-state index in [4.69, 9.17) is 21.8 Å². The standard InChI is InChI=1S/C22H29ClN4O4/c1-13(2)17(26-18(28)16-11-31-20(24)25-16)19(29)27-10-9-22(30,21(3,4)12-27)14-5-7-15(23)8-6-14/h5-8,11,13,17,30H,9-10,12H2,1-4H3,(H2,24,25)(H,26,28). The Morgan fingerprint density at radius 1 is 1.29 bits per heavy atom. The number of likely N-dealkylation sites (tertiary alicyclic amines) is 1. The summed E-state index contributed by atoms with van der Waals surface area (Å²) in [5.41, 5.74) is 4.49. The third-order valence-corrected chi connectivity index (χ3v) is 6.31. The summed E-state index contributed by atoms with van der Waals surface area (Å²) in [6.07, 6.45) is 1.52. The van der Waals surface area contributed by atoms with E-state index in [1.165, 1.54) is 0 Å². The van der Waals surface area contributed by atoms with Crippen molar-refractivity contribution in [3.63, 3.8) is 0 Å². The Morgan fingerprint density at radius 3 is 2.45 bits per heavy atom. The zero-order valence-electron chi connectivity index (χ0n) is 18.2. The fourth-order valence-electron chi connectivity index (χ4n) is 4.09. The first-order chi connectivity index (χ1) is 14.4. The number of carbonyl (C=O) groups excluding carboxylic acids is 2. The van der Waals surface area contributed by atoms with Gasteiger partial charge >= 0.3 is 0 Å². The van der Waals surface area contributed by atoms with Gasteiger partial charge in [0.05, 0.1) is 5.60 Å². The lowest BCUT2D eigenvalue weighted by atomic mass is 9.66. The number of nitrogen functional groups attached to an aromatic ring is 1. The van der Waals surface area contributed by atoms with E-state index < -0.39 is 23.0 Å². The van der Waals surface area contributed by atoms with Gasteiger partial charge in [-0.15, -0.1) is 0 Å². The number of nitrogens with two attached hydrogens (primary N) is 1. The van der Waals surface area contributed by atoms with Gasteiger partial charge in [-0.05, 0) is 30.0 Å². The molecule has 31 heavy (non-hydrogen) atoms. The summed E-state index contributed by atoms with van der Waals surface area (Å²) in [5, 5.41) is 14.9. The van der Waals surface area contributed by atoms with Crippen molar-refractivity contribution >= 4 is 29.4 Å². The van der Waals surface area contributed by atoms with E-state index in [2.05, 4.69) is 10.3 Å². The first-order valence-electron chi connectivity index (χ1n) is 10.2. The molecular formula is C22H29ClN4O4. The Hall–Kier alpha value is -2.58. The SMILES string of the molecule is CC(C)C(NC(=O)c1coc(N)n1)C(=O)N1CCC(O)(c2ccc(Cl)cc2)C(C)(C)C1. The number of benzene rings is 1. The number of nitrogens with zero attached hydrogens (tertiary/aromatic N) is 2. The highest BCUT2D eigenvalue weighted by molar-refractivity contribution is 6.30. The van der Waals surface area contributed by atoms with Crippen molar-refractivity contribution in [2.45, 2.75) is 45.8 Å². The molecule has 0 spiro atoms. The van der Waals surface area contributed by atoms with Crippen LogP contribution in [0, 0.1) is 11.3 Å². The summed E-state index contributed by atoms with van der Waals surface area (Å²) < 4.78 is 4.88. The molecule has 2 aromatic rings. The van der Waals surface area contributed by atoms with Crippen molar-refractivity contribution in [2.24, 2.45) is 11.3 Å². The van der Waals surface area contributed by atoms with E-state index >= 15 is 0 Å². The summed E-state index contributed by atoms with van der Waals surface area (Å²) in [5.74, 6) is -0.881. The highest BCUT2D eigenvalue weighted by Crippen LogP contribution is 2.46. The highest BCUT2D eigenvalue weighted by Gasteiger charge is 2.50. The second-order valence-electron chi connectivity index (χ2n) is 9.03. The van der Waals surface area contributed by atoms with Crippen LogP contribution in [0.3, 0.4) is 0 Å². The molecule has 1 aliphatic rings. The van der Waals surface area contributed by atoms with E-state index in [9.17, 15) is 14.7 Å². The minimum Gasteiger partial charge on any atom is -0.431 e. The average Bonchev–Trinajstić information content (AvgIpc) is 3.14. The first-order valence-corrected chi connectivity index (χ1v) is 10.6. The predicted molar refractivity (Wildman–Crippen MR) is 117 cm³/mol. The van der Waals surface area contributed by atoms with Crippen molar-refractivity contribution in [2.75, 3.05) is 18.8 Å². The van der Waals surface area contributed by atoms with Crippen LogP contribution >= 0.6 is 11.6 Å². The summed E-state index contributed by atoms with van der Waals surface area (Å²) in [4.78, 5) is 31.3. The normalized spacial score (nSPS) is 21.7. The number of piperidine rings is 1. The maximum Gasteiger partial charge on any atom is 0.292 e. The largest absolute Gasteiger partial charge is 0.431 e. The summed E-state index contributed by atoms with van der Waals surface area (Å²) in [7, 11) is 0. The van der Waals surface area contributed by atoms with Gasteiger partial charge < -0.3 is 25.5 Å². The van der Waals surface area contributed by atoms with Crippen LogP contribution in [0.1, 0.15) is 50.2 Å². The van der Waals surface area contributed by atoms with E-state index in [1.807, 2.05) is 39.8 Å². The number of hydrogen-bond acceptors (Lipinski definition) is 6. The fourth-order valence-corrected chi connectivity index (χ4v) is 4.21. The molecule has 2 unspecified atom stereocenters. The van der Waals surface area contributed by atoms with Crippen molar-refractivity contribution < 1.29 is 19.1 Å². The number of hydrogen-bond donors (Lipinski definition) is 3. The molecule has 0 saturated carbocycles. The number of nitrogens with one attached hydrogen (secondary N) is 1. The monoisotopic (exact) mass is 448 g/mol. The van der Waals surface area contributed by atoms with Gasteiger partial charge in [0.1, 0.15) is 12.3 Å². The maximum absolute atomic E-state index is 13.3. The Balaban J connectivity index is 1.76. The zero-order chi connectivity index (χ0) is 23.0. The molecule has 2 atom stereocenters. The van der Waals surface area contributed by atoms with Crippen LogP contribution in [0.15, 0.2) is 34.9 Å². The molecule has 0 bridgehead atoms. The van der Waals surface area contributed by atoms with E-state index in [0.29, 0.717) is 24.5 Å². The predicted octanol–water partition coefficient (Wildman–Crippen LogP) is 2.81. The van der Waals surface area contributed by atoms with E-state index in [0.717, 1.165) is 11.8 Å². The lowest BCUT2D eigenvalue weighted by Gasteiger charge is -2.51. The zero-order valence-corrected chi connectivity index (χ0v) is 18.9. The van der Waals surface area contributed by atoms with E-state index in [1.54, 1.807) is 17.0 Å². The smallest absolute Gasteiger partial charge is 0.292 e. The lowest BCUT2D eigenvalue weighted by molar-refractivity contribution is -0.155. The molecule has 0 radical (unpaired) electrons. The summed E-state index contributed by atoms with van der Waals surface area (Å²) in [6.45, 7) is 8.28. The molecule has 2 heterocycles. The van der Waals surface area contributed by atoms with Crippen molar-refractivity contribution in [3.05, 3.63) is 46.8 Å². The topological polar surface area (TPSA) is 122 Å². The van der Waals surface area contributed by atoms with Crippen molar-refractivity contribution in [1.29, 1.82) is 0 Å². The number of anilines is 1. The van der Waals surface area contributed by atoms with Crippen LogP contribution in [0.2, 0.25) is 5.02 Å². The molecule has 4 N–H and O–H groups in total. The van der Waals surface area contributed by atoms with Gasteiger partial charge in [0.25, 0.3) is 11.9 Å². The molecule has 2 amide bonds. The molecule has 3 rings (SSSR count). The Bertz CT molecular complexity index is 957. The highest BCUT2D eigenvalue weighted by atomic mass is 35.5. The number of halogens is 1.